The Balaban J connectivity index is 2.65. The standard InChI is InChI=1S/C14H20Cl2N2O2/c1-14(2,3)20-13(19)18-11(8-17)6-9-4-5-10(15)7-12(9)16/h4-5,7,11H,6,8,17H2,1-3H3,(H,18,19). The van der Waals surface area contributed by atoms with Crippen molar-refractivity contribution < 1.29 is 9.53 Å². The molecule has 0 radical (unpaired) electrons. The molecule has 1 amide bonds. The van der Waals surface area contributed by atoms with Crippen LogP contribution in [-0.2, 0) is 11.2 Å². The molecule has 4 nitrogen and oxygen atoms in total. The van der Waals surface area contributed by atoms with Gasteiger partial charge in [-0.05, 0) is 44.9 Å². The fourth-order valence-corrected chi connectivity index (χ4v) is 2.11. The first-order valence-corrected chi connectivity index (χ1v) is 7.10. The summed E-state index contributed by atoms with van der Waals surface area (Å²) in [6, 6.07) is 5.00. The molecule has 0 aromatic heterocycles. The zero-order valence-corrected chi connectivity index (χ0v) is 13.4. The second-order valence-corrected chi connectivity index (χ2v) is 6.36. The zero-order chi connectivity index (χ0) is 15.3. The van der Waals surface area contributed by atoms with Crippen molar-refractivity contribution in [2.75, 3.05) is 6.54 Å². The number of alkyl carbamates (subject to hydrolysis) is 1. The number of hydrogen-bond donors (Lipinski definition) is 2. The Kier molecular flexibility index (Phi) is 6.11. The molecule has 20 heavy (non-hydrogen) atoms. The number of rotatable bonds is 4. The van der Waals surface area contributed by atoms with Crippen LogP contribution < -0.4 is 11.1 Å². The normalized spacial score (nSPS) is 12.9. The summed E-state index contributed by atoms with van der Waals surface area (Å²) in [4.78, 5) is 11.7. The van der Waals surface area contributed by atoms with E-state index in [1.165, 1.54) is 0 Å². The number of carbonyl (C=O) groups excluding carboxylic acids is 1. The highest BCUT2D eigenvalue weighted by atomic mass is 35.5. The largest absolute Gasteiger partial charge is 0.444 e. The number of carbonyl (C=O) groups is 1. The van der Waals surface area contributed by atoms with E-state index < -0.39 is 11.7 Å². The summed E-state index contributed by atoms with van der Waals surface area (Å²) in [6.07, 6.45) is 0.0317. The molecule has 112 valence electrons. The lowest BCUT2D eigenvalue weighted by molar-refractivity contribution is 0.0506. The number of benzene rings is 1. The van der Waals surface area contributed by atoms with Crippen molar-refractivity contribution in [3.8, 4) is 0 Å². The molecule has 1 aromatic rings. The minimum absolute atomic E-state index is 0.247. The SMILES string of the molecule is CC(C)(C)OC(=O)NC(CN)Cc1ccc(Cl)cc1Cl. The van der Waals surface area contributed by atoms with Gasteiger partial charge in [-0.2, -0.15) is 0 Å². The number of hydrogen-bond acceptors (Lipinski definition) is 3. The van der Waals surface area contributed by atoms with Crippen LogP contribution in [0.5, 0.6) is 0 Å². The van der Waals surface area contributed by atoms with Gasteiger partial charge in [-0.15, -0.1) is 0 Å². The van der Waals surface area contributed by atoms with Crippen LogP contribution in [-0.4, -0.2) is 24.3 Å². The number of ether oxygens (including phenoxy) is 1. The highest BCUT2D eigenvalue weighted by molar-refractivity contribution is 6.35. The van der Waals surface area contributed by atoms with Gasteiger partial charge in [-0.3, -0.25) is 0 Å². The minimum atomic E-state index is -0.541. The van der Waals surface area contributed by atoms with Crippen molar-refractivity contribution in [1.29, 1.82) is 0 Å². The first kappa shape index (κ1) is 17.1. The van der Waals surface area contributed by atoms with Crippen LogP contribution >= 0.6 is 23.2 Å². The predicted octanol–water partition coefficient (Wildman–Crippen LogP) is 3.39. The Bertz CT molecular complexity index is 473. The van der Waals surface area contributed by atoms with Crippen molar-refractivity contribution in [2.45, 2.75) is 38.8 Å². The molecule has 3 N–H and O–H groups in total. The van der Waals surface area contributed by atoms with Gasteiger partial charge in [-0.1, -0.05) is 29.3 Å². The van der Waals surface area contributed by atoms with Crippen molar-refractivity contribution in [3.63, 3.8) is 0 Å². The molecule has 0 aliphatic heterocycles. The lowest BCUT2D eigenvalue weighted by atomic mass is 10.1. The number of amides is 1. The van der Waals surface area contributed by atoms with Crippen molar-refractivity contribution >= 4 is 29.3 Å². The Morgan fingerprint density at radius 2 is 2.05 bits per heavy atom. The Labute approximate surface area is 129 Å². The quantitative estimate of drug-likeness (QED) is 0.894. The van der Waals surface area contributed by atoms with Crippen molar-refractivity contribution in [1.82, 2.24) is 5.32 Å². The maximum atomic E-state index is 11.7. The maximum absolute atomic E-state index is 11.7. The minimum Gasteiger partial charge on any atom is -0.444 e. The smallest absolute Gasteiger partial charge is 0.407 e. The van der Waals surface area contributed by atoms with E-state index >= 15 is 0 Å². The molecule has 0 fully saturated rings. The third-order valence-corrected chi connectivity index (χ3v) is 3.07. The van der Waals surface area contributed by atoms with E-state index in [4.69, 9.17) is 33.7 Å². The Morgan fingerprint density at radius 1 is 1.40 bits per heavy atom. The van der Waals surface area contributed by atoms with Gasteiger partial charge in [0.15, 0.2) is 0 Å². The van der Waals surface area contributed by atoms with E-state index in [2.05, 4.69) is 5.32 Å². The highest BCUT2D eigenvalue weighted by Crippen LogP contribution is 2.22. The van der Waals surface area contributed by atoms with Crippen molar-refractivity contribution in [3.05, 3.63) is 33.8 Å². The number of halogens is 2. The molecule has 6 heteroatoms. The number of nitrogens with one attached hydrogen (secondary N) is 1. The summed E-state index contributed by atoms with van der Waals surface area (Å²) >= 11 is 11.9. The van der Waals surface area contributed by atoms with Crippen molar-refractivity contribution in [2.24, 2.45) is 5.73 Å². The van der Waals surface area contributed by atoms with E-state index in [1.54, 1.807) is 32.9 Å². The molecular formula is C14H20Cl2N2O2. The molecule has 0 bridgehead atoms. The van der Waals surface area contributed by atoms with Gasteiger partial charge < -0.3 is 15.8 Å². The van der Waals surface area contributed by atoms with E-state index in [9.17, 15) is 4.79 Å². The lowest BCUT2D eigenvalue weighted by Crippen LogP contribution is -2.44. The van der Waals surface area contributed by atoms with Gasteiger partial charge in [0.05, 0.1) is 0 Å². The van der Waals surface area contributed by atoms with Crippen LogP contribution in [0, 0.1) is 0 Å². The molecule has 0 heterocycles. The van der Waals surface area contributed by atoms with Crippen LogP contribution in [0.25, 0.3) is 0 Å². The topological polar surface area (TPSA) is 64.3 Å². The van der Waals surface area contributed by atoms with Gasteiger partial charge in [0.25, 0.3) is 0 Å². The molecule has 0 saturated carbocycles. The molecule has 1 unspecified atom stereocenters. The summed E-state index contributed by atoms with van der Waals surface area (Å²) in [6.45, 7) is 5.71. The molecule has 0 saturated heterocycles. The third-order valence-electron chi connectivity index (χ3n) is 2.49. The summed E-state index contributed by atoms with van der Waals surface area (Å²) in [5.41, 5.74) is 6.01. The first-order chi connectivity index (χ1) is 9.21. The van der Waals surface area contributed by atoms with Gasteiger partial charge >= 0.3 is 6.09 Å². The summed E-state index contributed by atoms with van der Waals surface area (Å²) < 4.78 is 5.20. The second-order valence-electron chi connectivity index (χ2n) is 5.52. The van der Waals surface area contributed by atoms with Gasteiger partial charge in [-0.25, -0.2) is 4.79 Å². The summed E-state index contributed by atoms with van der Waals surface area (Å²) in [5, 5.41) is 3.87. The maximum Gasteiger partial charge on any atom is 0.407 e. The lowest BCUT2D eigenvalue weighted by Gasteiger charge is -2.23. The monoisotopic (exact) mass is 318 g/mol. The van der Waals surface area contributed by atoms with E-state index in [0.29, 0.717) is 16.5 Å². The number of nitrogens with two attached hydrogens (primary N) is 1. The molecule has 1 aromatic carbocycles. The fourth-order valence-electron chi connectivity index (χ4n) is 1.62. The van der Waals surface area contributed by atoms with Crippen LogP contribution in [0.3, 0.4) is 0 Å². The van der Waals surface area contributed by atoms with Crippen LogP contribution in [0.15, 0.2) is 18.2 Å². The van der Waals surface area contributed by atoms with E-state index in [0.717, 1.165) is 5.56 Å². The van der Waals surface area contributed by atoms with E-state index in [1.807, 2.05) is 6.07 Å². The average molecular weight is 319 g/mol. The van der Waals surface area contributed by atoms with E-state index in [-0.39, 0.29) is 12.6 Å². The molecule has 0 spiro atoms. The second kappa shape index (κ2) is 7.16. The molecule has 0 aliphatic rings. The van der Waals surface area contributed by atoms with Gasteiger partial charge in [0, 0.05) is 22.6 Å². The average Bonchev–Trinajstić information content (AvgIpc) is 2.29. The first-order valence-electron chi connectivity index (χ1n) is 6.35. The Hall–Kier alpha value is -0.970. The Morgan fingerprint density at radius 3 is 2.55 bits per heavy atom. The van der Waals surface area contributed by atoms with Crippen LogP contribution in [0.4, 0.5) is 4.79 Å². The summed E-state index contributed by atoms with van der Waals surface area (Å²) in [7, 11) is 0. The van der Waals surface area contributed by atoms with Gasteiger partial charge in [0.2, 0.25) is 0 Å². The van der Waals surface area contributed by atoms with Crippen LogP contribution in [0.1, 0.15) is 26.3 Å². The molecule has 0 aliphatic carbocycles. The highest BCUT2D eigenvalue weighted by Gasteiger charge is 2.19. The molecule has 1 atom stereocenters. The fraction of sp³-hybridized carbons (Fsp3) is 0.500. The molecule has 1 rings (SSSR count). The zero-order valence-electron chi connectivity index (χ0n) is 11.9. The predicted molar refractivity (Wildman–Crippen MR) is 82.4 cm³/mol. The molecular weight excluding hydrogens is 299 g/mol. The third kappa shape index (κ3) is 5.99. The van der Waals surface area contributed by atoms with Gasteiger partial charge in [0.1, 0.15) is 5.60 Å². The van der Waals surface area contributed by atoms with Crippen LogP contribution in [0.2, 0.25) is 10.0 Å². The summed E-state index contributed by atoms with van der Waals surface area (Å²) in [5.74, 6) is 0.